The second-order valence-electron chi connectivity index (χ2n) is 52.0. The lowest BCUT2D eigenvalue weighted by molar-refractivity contribution is -0.274. The van der Waals surface area contributed by atoms with Gasteiger partial charge in [-0.15, -0.1) is 25.5 Å². The van der Waals surface area contributed by atoms with Crippen LogP contribution < -0.4 is 4.74 Å². The molecule has 147 heavy (non-hydrogen) atoms. The van der Waals surface area contributed by atoms with Gasteiger partial charge >= 0.3 is 6.36 Å². The molecule has 1 saturated heterocycles. The first-order valence-electron chi connectivity index (χ1n) is 59.1. The average Bonchev–Trinajstić information content (AvgIpc) is 1.49. The van der Waals surface area contributed by atoms with Gasteiger partial charge in [-0.2, -0.15) is 0 Å². The molecule has 4 atom stereocenters. The van der Waals surface area contributed by atoms with Crippen LogP contribution in [0.5, 0.6) is 5.75 Å². The minimum atomic E-state index is -4.61. The van der Waals surface area contributed by atoms with Gasteiger partial charge < -0.3 is 29.5 Å². The van der Waals surface area contributed by atoms with Gasteiger partial charge in [-0.25, -0.2) is 17.6 Å². The molecule has 0 spiro atoms. The van der Waals surface area contributed by atoms with Gasteiger partial charge in [0.05, 0.1) is 12.3 Å². The fraction of sp³-hybridized carbons (Fsp3) is 0.855. The lowest BCUT2D eigenvalue weighted by Crippen LogP contribution is -2.37. The van der Waals surface area contributed by atoms with Gasteiger partial charge in [-0.1, -0.05) is 403 Å². The number of hydrogen-bond acceptors (Lipinski definition) is 7. The molecule has 2 aromatic carbocycles. The molecular weight excluding hydrogens is 1870 g/mol. The van der Waals surface area contributed by atoms with Crippen LogP contribution >= 0.6 is 11.6 Å². The molecule has 3 N–H and O–H groups in total. The van der Waals surface area contributed by atoms with Crippen molar-refractivity contribution < 1.29 is 64.7 Å². The highest BCUT2D eigenvalue weighted by molar-refractivity contribution is 6.30. The van der Waals surface area contributed by atoms with E-state index in [1.54, 1.807) is 37.8 Å². The number of nitrogens with zero attached hydrogens (tertiary/aromatic N) is 1. The van der Waals surface area contributed by atoms with Crippen molar-refractivity contribution in [1.82, 2.24) is 4.98 Å². The summed E-state index contributed by atoms with van der Waals surface area (Å²) in [5.41, 5.74) is 2.27. The number of pyridine rings is 1. The Bertz CT molecular complexity index is 3210. The zero-order chi connectivity index (χ0) is 116. The molecular formula is C131H248ClF8NO6. The van der Waals surface area contributed by atoms with Crippen molar-refractivity contribution in [2.75, 3.05) is 46.3 Å². The molecule has 10 rings (SSSR count). The molecule has 3 aromatic rings. The van der Waals surface area contributed by atoms with Crippen LogP contribution in [0.15, 0.2) is 79.0 Å². The highest BCUT2D eigenvalue weighted by atomic mass is 35.5. The quantitative estimate of drug-likeness (QED) is 0.0451. The molecule has 4 unspecified atom stereocenters. The largest absolute Gasteiger partial charge is 0.573 e. The van der Waals surface area contributed by atoms with E-state index in [9.17, 15) is 40.2 Å². The van der Waals surface area contributed by atoms with Crippen molar-refractivity contribution in [3.05, 3.63) is 95.3 Å². The average molecular weight is 2120 g/mol. The predicted octanol–water partition coefficient (Wildman–Crippen LogP) is 42.6. The molecule has 7 fully saturated rings. The number of alkyl halides is 8. The molecule has 0 amide bonds. The van der Waals surface area contributed by atoms with Crippen molar-refractivity contribution in [1.29, 1.82) is 0 Å². The van der Waals surface area contributed by atoms with Crippen LogP contribution in [0.4, 0.5) is 35.1 Å². The van der Waals surface area contributed by atoms with Crippen LogP contribution in [0, 0.1) is 178 Å². The van der Waals surface area contributed by atoms with Crippen molar-refractivity contribution >= 4 is 11.6 Å². The minimum Gasteiger partial charge on any atom is -0.406 e. The van der Waals surface area contributed by atoms with Gasteiger partial charge in [0.15, 0.2) is 0 Å². The SMILES string of the molecule is C#CC(C)C.CC(C)C.CC(C)C1CC(F)(F)C1.CC(C)C1CC2CCC1C2.CC(C)C1CCC(F)(F)CC1.CC(C)C1CCOCC1.CC(C)CC(CO)CO.CC(C)CC1CC1.CC(C)CC1CCC1.CC(C)CCC(C)(C)C.CC(C)CCCC(C)(C)O.CC(C)CF.CC(C)Cc1ccc(OC(F)(F)F)cc1.CC(C)Cc1ccccn1.CCC(C)C.CCC(C)C(C)C.CCOCC(C)C.Clc1ccccc1. The number of fused-ring (bicyclic) bond motifs is 2. The Kier molecular flexibility index (Phi) is 102. The number of halogens is 9. The Morgan fingerprint density at radius 3 is 1.15 bits per heavy atom. The topological polar surface area (TPSA) is 101 Å². The number of aromatic nitrogens is 1. The molecule has 2 heterocycles. The van der Waals surface area contributed by atoms with E-state index in [1.165, 1.54) is 108 Å². The lowest BCUT2D eigenvalue weighted by Gasteiger charge is -2.37. The first-order valence-corrected chi connectivity index (χ1v) is 59.5. The third-order valence-corrected chi connectivity index (χ3v) is 26.5. The van der Waals surface area contributed by atoms with Crippen LogP contribution in [0.3, 0.4) is 0 Å². The van der Waals surface area contributed by atoms with Crippen molar-refractivity contribution in [2.24, 2.45) is 165 Å². The Morgan fingerprint density at radius 2 is 0.932 bits per heavy atom. The number of terminal acetylenes is 1. The van der Waals surface area contributed by atoms with Crippen molar-refractivity contribution in [3.8, 4) is 18.1 Å². The van der Waals surface area contributed by atoms with E-state index in [2.05, 4.69) is 264 Å². The highest BCUT2D eigenvalue weighted by Crippen LogP contribution is 2.51. The minimum absolute atomic E-state index is 0.0880. The molecule has 6 saturated carbocycles. The summed E-state index contributed by atoms with van der Waals surface area (Å²) < 4.78 is 110. The number of benzene rings is 2. The van der Waals surface area contributed by atoms with Crippen LogP contribution in [-0.2, 0) is 22.3 Å². The van der Waals surface area contributed by atoms with Gasteiger partial charge in [-0.3, -0.25) is 9.37 Å². The summed E-state index contributed by atoms with van der Waals surface area (Å²) in [5.74, 6) is 18.0. The van der Waals surface area contributed by atoms with Gasteiger partial charge in [0.2, 0.25) is 11.8 Å². The predicted molar refractivity (Wildman–Crippen MR) is 633 cm³/mol. The summed E-state index contributed by atoms with van der Waals surface area (Å²) in [6, 6.07) is 21.5. The first-order chi connectivity index (χ1) is 67.7. The Balaban J connectivity index is -0.000000234. The van der Waals surface area contributed by atoms with Crippen molar-refractivity contribution in [3.63, 3.8) is 0 Å². The normalized spacial score (nSPS) is 17.2. The molecule has 7 nitrogen and oxygen atoms in total. The van der Waals surface area contributed by atoms with Gasteiger partial charge in [-0.05, 0) is 306 Å². The third-order valence-electron chi connectivity index (χ3n) is 26.3. The summed E-state index contributed by atoms with van der Waals surface area (Å²) in [6.07, 6.45) is 34.8. The second kappa shape index (κ2) is 94.8. The second-order valence-corrected chi connectivity index (χ2v) is 52.5. The zero-order valence-electron chi connectivity index (χ0n) is 105. The molecule has 6 aliphatic carbocycles. The van der Waals surface area contributed by atoms with Crippen LogP contribution in [0.2, 0.25) is 5.02 Å². The number of rotatable bonds is 30. The summed E-state index contributed by atoms with van der Waals surface area (Å²) in [4.78, 5) is 4.22. The summed E-state index contributed by atoms with van der Waals surface area (Å²) in [6.45, 7) is 99.1. The van der Waals surface area contributed by atoms with Crippen LogP contribution in [-0.4, -0.2) is 90.4 Å². The Morgan fingerprint density at radius 1 is 0.490 bits per heavy atom. The van der Waals surface area contributed by atoms with E-state index in [1.807, 2.05) is 111 Å². The maximum absolute atomic E-state index is 12.6. The van der Waals surface area contributed by atoms with E-state index in [-0.39, 0.29) is 69.1 Å². The number of aliphatic hydroxyl groups is 3. The van der Waals surface area contributed by atoms with Crippen molar-refractivity contribution in [2.45, 2.75) is 515 Å². The molecule has 876 valence electrons. The smallest absolute Gasteiger partial charge is 0.406 e. The highest BCUT2D eigenvalue weighted by Gasteiger charge is 2.46. The first kappa shape index (κ1) is 159. The molecule has 1 aliphatic heterocycles. The standard InChI is InChI=1S/C11H13F3O.C10H18.C9H16F2.C9H13N.C9H20O.C9H20.C8H16O.C8H16.C7H12F2.C7H16O2.C7H14.C7H16.C6H5Cl.C6H14O.C5H12.C5H8.C4H9F.C4H10/c1-8(2)7-9-3-5-10(6-4-9)15-11(12,13)14;1-7(2)10-6-8-3-4-9(10)5-8;1-7(2)8-3-5-9(10,11)6-4-8;1-8(2)7-9-5-3-4-6-10-9;1-8(2)6-5-7-9(3,4)10;1-8(2)6-7-9(3,4)5;1-7(2)8-3-5-9-6-4-8;1-7(2)6-8-4-3-5-8;1-5(2)6-3-7(8,9)4-6;1-6(2)3-7(4-8)5-9;1-6(2)5-7-3-4-7;1-5-7(4)6(2)3;7-6-4-2-1-3-5-6;1-4-7-5-6(2)3;2*1-4-5(2)3;1-4(2)3-5;1-4(2)3/h3-6,8H,7H2,1-2H3;7-10H,3-6H2,1-2H3;7-8H,3-6H2,1-2H3;3-6,8H,7H2,1-2H3;8,10H,5-7H2,1-4H3;8H,6-7H2,1-5H3;7-8H,3-6H2,1-2H3;7-8H,3-6H2,1-2H3;5-6H,3-4H2,1-2H3;6-9H,3-5H2,1-2H3;6-7H,3-5H2,1-2H3;6-7H,5H2,1-4H3;1-5H;6H,4-5H2,1-3H3;5H,4H2,1-3H3;1,5H,2-3H3;4H,3H2,1-2H3;4H,1-3H3. The molecule has 7 aliphatic rings. The number of aliphatic hydroxyl groups excluding tert-OH is 2. The summed E-state index contributed by atoms with van der Waals surface area (Å²) in [5, 5.41) is 27.4. The molecule has 1 aromatic heterocycles. The van der Waals surface area contributed by atoms with E-state index in [4.69, 9.17) is 37.7 Å². The van der Waals surface area contributed by atoms with Crippen LogP contribution in [0.25, 0.3) is 0 Å². The van der Waals surface area contributed by atoms with Gasteiger partial charge in [0, 0.05) is 94.1 Å². The maximum Gasteiger partial charge on any atom is 0.573 e. The van der Waals surface area contributed by atoms with E-state index < -0.39 is 23.8 Å². The fourth-order valence-electron chi connectivity index (χ4n) is 15.8. The zero-order valence-corrected chi connectivity index (χ0v) is 105. The number of ether oxygens (including phenoxy) is 3. The van der Waals surface area contributed by atoms with Gasteiger partial charge in [0.1, 0.15) is 5.75 Å². The maximum atomic E-state index is 12.6. The van der Waals surface area contributed by atoms with E-state index in [0.717, 1.165) is 164 Å². The number of hydrogen-bond donors (Lipinski definition) is 3. The van der Waals surface area contributed by atoms with E-state index >= 15 is 0 Å². The summed E-state index contributed by atoms with van der Waals surface area (Å²) in [7, 11) is 0. The third kappa shape index (κ3) is 121. The molecule has 2 bridgehead atoms. The molecule has 0 radical (unpaired) electrons. The Hall–Kier alpha value is -3.52. The lowest BCUT2D eigenvalue weighted by atomic mass is 9.74. The van der Waals surface area contributed by atoms with E-state index in [0.29, 0.717) is 65.6 Å². The van der Waals surface area contributed by atoms with Crippen LogP contribution in [0.1, 0.15) is 489 Å². The van der Waals surface area contributed by atoms with Gasteiger partial charge in [0.25, 0.3) is 0 Å². The monoisotopic (exact) mass is 2120 g/mol. The Labute approximate surface area is 915 Å². The fourth-order valence-corrected chi connectivity index (χ4v) is 16.0. The molecule has 16 heteroatoms. The summed E-state index contributed by atoms with van der Waals surface area (Å²) >= 11 is 5.54.